The van der Waals surface area contributed by atoms with Crippen LogP contribution < -0.4 is 10.1 Å². The summed E-state index contributed by atoms with van der Waals surface area (Å²) in [6.07, 6.45) is 7.29. The van der Waals surface area contributed by atoms with Gasteiger partial charge in [-0.2, -0.15) is 0 Å². The molecule has 0 amide bonds. The van der Waals surface area contributed by atoms with E-state index in [-0.39, 0.29) is 0 Å². The highest BCUT2D eigenvalue weighted by Crippen LogP contribution is 2.26. The number of methoxy groups -OCH3 is 1. The van der Waals surface area contributed by atoms with Gasteiger partial charge in [-0.15, -0.1) is 0 Å². The van der Waals surface area contributed by atoms with Crippen molar-refractivity contribution in [2.75, 3.05) is 7.11 Å². The second-order valence-corrected chi connectivity index (χ2v) is 5.80. The molecular weight excluding hydrogens is 236 g/mol. The predicted octanol–water partition coefficient (Wildman–Crippen LogP) is 3.38. The first-order valence-corrected chi connectivity index (χ1v) is 7.36. The van der Waals surface area contributed by atoms with Crippen molar-refractivity contribution < 1.29 is 4.74 Å². The molecule has 1 aromatic rings. The van der Waals surface area contributed by atoms with Gasteiger partial charge in [-0.3, -0.25) is 4.98 Å². The zero-order valence-electron chi connectivity index (χ0n) is 12.6. The van der Waals surface area contributed by atoms with Gasteiger partial charge in [-0.05, 0) is 32.6 Å². The molecule has 1 aliphatic carbocycles. The average Bonchev–Trinajstić information content (AvgIpc) is 2.40. The van der Waals surface area contributed by atoms with Crippen LogP contribution in [0.5, 0.6) is 5.75 Å². The van der Waals surface area contributed by atoms with Gasteiger partial charge in [-0.25, -0.2) is 0 Å². The first-order chi connectivity index (χ1) is 9.13. The van der Waals surface area contributed by atoms with Crippen LogP contribution in [0.1, 0.15) is 49.4 Å². The van der Waals surface area contributed by atoms with E-state index in [1.807, 2.05) is 13.1 Å². The quantitative estimate of drug-likeness (QED) is 0.903. The number of aromatic nitrogens is 1. The molecule has 1 aromatic heterocycles. The number of hydrogen-bond donors (Lipinski definition) is 1. The number of nitrogens with zero attached hydrogens (tertiary/aromatic N) is 1. The second-order valence-electron chi connectivity index (χ2n) is 5.80. The largest absolute Gasteiger partial charge is 0.496 e. The third kappa shape index (κ3) is 3.27. The molecule has 106 valence electrons. The van der Waals surface area contributed by atoms with E-state index in [0.29, 0.717) is 6.04 Å². The molecule has 0 aliphatic heterocycles. The first-order valence-electron chi connectivity index (χ1n) is 7.36. The summed E-state index contributed by atoms with van der Waals surface area (Å²) in [5, 5.41) is 3.68. The summed E-state index contributed by atoms with van der Waals surface area (Å²) in [4.78, 5) is 4.55. The Morgan fingerprint density at radius 3 is 2.74 bits per heavy atom. The van der Waals surface area contributed by atoms with Crippen molar-refractivity contribution >= 4 is 0 Å². The number of hydrogen-bond acceptors (Lipinski definition) is 3. The molecule has 3 nitrogen and oxygen atoms in total. The van der Waals surface area contributed by atoms with Crippen LogP contribution in [-0.4, -0.2) is 18.1 Å². The van der Waals surface area contributed by atoms with Crippen molar-refractivity contribution in [3.63, 3.8) is 0 Å². The van der Waals surface area contributed by atoms with E-state index < -0.39 is 0 Å². The van der Waals surface area contributed by atoms with Crippen LogP contribution in [0, 0.1) is 19.8 Å². The number of ether oxygens (including phenoxy) is 1. The Bertz CT molecular complexity index is 431. The molecule has 1 fully saturated rings. The van der Waals surface area contributed by atoms with Crippen LogP contribution in [0.25, 0.3) is 0 Å². The van der Waals surface area contributed by atoms with Crippen LogP contribution >= 0.6 is 0 Å². The molecule has 2 unspecified atom stereocenters. The Hall–Kier alpha value is -1.09. The third-order valence-electron chi connectivity index (χ3n) is 4.39. The molecular formula is C16H26N2O. The molecule has 1 saturated carbocycles. The van der Waals surface area contributed by atoms with Crippen molar-refractivity contribution in [2.45, 2.75) is 59.0 Å². The molecule has 0 saturated heterocycles. The van der Waals surface area contributed by atoms with Gasteiger partial charge in [0.1, 0.15) is 5.75 Å². The molecule has 1 heterocycles. The van der Waals surface area contributed by atoms with Crippen LogP contribution in [0.2, 0.25) is 0 Å². The Kier molecular flexibility index (Phi) is 4.81. The van der Waals surface area contributed by atoms with Crippen molar-refractivity contribution in [1.82, 2.24) is 10.3 Å². The fourth-order valence-electron chi connectivity index (χ4n) is 3.10. The predicted molar refractivity (Wildman–Crippen MR) is 78.5 cm³/mol. The molecule has 2 rings (SSSR count). The fourth-order valence-corrected chi connectivity index (χ4v) is 3.10. The van der Waals surface area contributed by atoms with E-state index in [2.05, 4.69) is 24.1 Å². The molecule has 1 aliphatic rings. The Labute approximate surface area is 116 Å². The molecule has 0 radical (unpaired) electrons. The number of rotatable bonds is 4. The third-order valence-corrected chi connectivity index (χ3v) is 4.39. The van der Waals surface area contributed by atoms with Crippen molar-refractivity contribution in [3.05, 3.63) is 23.0 Å². The summed E-state index contributed by atoms with van der Waals surface area (Å²) < 4.78 is 5.46. The molecule has 2 atom stereocenters. The topological polar surface area (TPSA) is 34.1 Å². The highest BCUT2D eigenvalue weighted by atomic mass is 16.5. The van der Waals surface area contributed by atoms with Crippen molar-refractivity contribution in [3.8, 4) is 5.75 Å². The first kappa shape index (κ1) is 14.3. The van der Waals surface area contributed by atoms with E-state index in [0.717, 1.165) is 29.5 Å². The van der Waals surface area contributed by atoms with Gasteiger partial charge in [0.25, 0.3) is 0 Å². The van der Waals surface area contributed by atoms with Gasteiger partial charge in [-0.1, -0.05) is 19.8 Å². The van der Waals surface area contributed by atoms with Crippen molar-refractivity contribution in [1.29, 1.82) is 0 Å². The van der Waals surface area contributed by atoms with Crippen LogP contribution in [-0.2, 0) is 6.54 Å². The molecule has 0 aromatic carbocycles. The number of aryl methyl sites for hydroxylation is 1. The van der Waals surface area contributed by atoms with Crippen molar-refractivity contribution in [2.24, 2.45) is 5.92 Å². The minimum absolute atomic E-state index is 0.641. The van der Waals surface area contributed by atoms with Gasteiger partial charge in [0, 0.05) is 29.9 Å². The van der Waals surface area contributed by atoms with Gasteiger partial charge in [0.2, 0.25) is 0 Å². The smallest absolute Gasteiger partial charge is 0.128 e. The molecule has 1 N–H and O–H groups in total. The zero-order valence-corrected chi connectivity index (χ0v) is 12.6. The fraction of sp³-hybridized carbons (Fsp3) is 0.688. The highest BCUT2D eigenvalue weighted by Gasteiger charge is 2.21. The van der Waals surface area contributed by atoms with Crippen LogP contribution in [0.3, 0.4) is 0 Å². The maximum absolute atomic E-state index is 5.46. The summed E-state index contributed by atoms with van der Waals surface area (Å²) in [6.45, 7) is 7.34. The van der Waals surface area contributed by atoms with E-state index in [9.17, 15) is 0 Å². The van der Waals surface area contributed by atoms with Crippen LogP contribution in [0.15, 0.2) is 6.20 Å². The molecule has 19 heavy (non-hydrogen) atoms. The SMILES string of the molecule is COc1c(C)cnc(CNC2CCCCC2C)c1C. The van der Waals surface area contributed by atoms with Gasteiger partial charge < -0.3 is 10.1 Å². The Balaban J connectivity index is 2.03. The summed E-state index contributed by atoms with van der Waals surface area (Å²) in [6, 6.07) is 0.641. The van der Waals surface area contributed by atoms with E-state index in [1.165, 1.54) is 31.2 Å². The second kappa shape index (κ2) is 6.38. The molecule has 0 bridgehead atoms. The normalized spacial score (nSPS) is 23.4. The maximum atomic E-state index is 5.46. The molecule has 0 spiro atoms. The monoisotopic (exact) mass is 262 g/mol. The maximum Gasteiger partial charge on any atom is 0.128 e. The van der Waals surface area contributed by atoms with Gasteiger partial charge in [0.05, 0.1) is 12.8 Å². The minimum atomic E-state index is 0.641. The molecule has 3 heteroatoms. The zero-order chi connectivity index (χ0) is 13.8. The van der Waals surface area contributed by atoms with Crippen LogP contribution in [0.4, 0.5) is 0 Å². The summed E-state index contributed by atoms with van der Waals surface area (Å²) >= 11 is 0. The summed E-state index contributed by atoms with van der Waals surface area (Å²) in [5.74, 6) is 1.75. The summed E-state index contributed by atoms with van der Waals surface area (Å²) in [5.41, 5.74) is 3.38. The Morgan fingerprint density at radius 1 is 1.32 bits per heavy atom. The van der Waals surface area contributed by atoms with Gasteiger partial charge in [0.15, 0.2) is 0 Å². The van der Waals surface area contributed by atoms with E-state index >= 15 is 0 Å². The van der Waals surface area contributed by atoms with Gasteiger partial charge >= 0.3 is 0 Å². The summed E-state index contributed by atoms with van der Waals surface area (Å²) in [7, 11) is 1.73. The standard InChI is InChI=1S/C16H26N2O/c1-11-7-5-6-8-14(11)18-10-15-13(3)16(19-4)12(2)9-17-15/h9,11,14,18H,5-8,10H2,1-4H3. The lowest BCUT2D eigenvalue weighted by Gasteiger charge is -2.29. The number of pyridine rings is 1. The minimum Gasteiger partial charge on any atom is -0.496 e. The highest BCUT2D eigenvalue weighted by molar-refractivity contribution is 5.40. The lowest BCUT2D eigenvalue weighted by molar-refractivity contribution is 0.278. The van der Waals surface area contributed by atoms with E-state index in [4.69, 9.17) is 4.74 Å². The lowest BCUT2D eigenvalue weighted by Crippen LogP contribution is -2.37. The lowest BCUT2D eigenvalue weighted by atomic mass is 9.86. The van der Waals surface area contributed by atoms with E-state index in [1.54, 1.807) is 7.11 Å². The number of nitrogens with one attached hydrogen (secondary N) is 1. The Morgan fingerprint density at radius 2 is 2.05 bits per heavy atom. The average molecular weight is 262 g/mol.